The molecule has 5 heteroatoms. The van der Waals surface area contributed by atoms with Crippen LogP contribution in [-0.2, 0) is 0 Å². The quantitative estimate of drug-likeness (QED) is 0.669. The lowest BCUT2D eigenvalue weighted by Gasteiger charge is -2.00. The van der Waals surface area contributed by atoms with E-state index in [0.717, 1.165) is 0 Å². The lowest BCUT2D eigenvalue weighted by atomic mass is 10.2. The molecule has 1 amide bonds. The Kier molecular flexibility index (Phi) is 3.97. The molecule has 0 radical (unpaired) electrons. The number of nitrogens with one attached hydrogen (secondary N) is 1. The molecule has 2 aromatic rings. The molecule has 0 heterocycles. The van der Waals surface area contributed by atoms with Crippen LogP contribution in [-0.4, -0.2) is 12.1 Å². The molecule has 19 heavy (non-hydrogen) atoms. The fraction of sp³-hybridized carbons (Fsp3) is 0. The van der Waals surface area contributed by atoms with E-state index in [1.807, 2.05) is 0 Å². The molecule has 0 aromatic heterocycles. The van der Waals surface area contributed by atoms with Crippen molar-refractivity contribution in [1.82, 2.24) is 5.43 Å². The second-order valence-corrected chi connectivity index (χ2v) is 3.73. The van der Waals surface area contributed by atoms with Crippen molar-refractivity contribution in [2.24, 2.45) is 5.10 Å². The number of amides is 1. The van der Waals surface area contributed by atoms with Gasteiger partial charge in [0.15, 0.2) is 0 Å². The Morgan fingerprint density at radius 1 is 1.05 bits per heavy atom. The van der Waals surface area contributed by atoms with Gasteiger partial charge >= 0.3 is 0 Å². The van der Waals surface area contributed by atoms with Crippen molar-refractivity contribution < 1.29 is 13.6 Å². The summed E-state index contributed by atoms with van der Waals surface area (Å²) in [5, 5.41) is 3.68. The van der Waals surface area contributed by atoms with Crippen LogP contribution in [0.2, 0.25) is 0 Å². The van der Waals surface area contributed by atoms with Gasteiger partial charge in [-0.1, -0.05) is 24.3 Å². The van der Waals surface area contributed by atoms with Gasteiger partial charge in [-0.15, -0.1) is 0 Å². The molecule has 0 aliphatic rings. The Morgan fingerprint density at radius 2 is 1.74 bits per heavy atom. The lowest BCUT2D eigenvalue weighted by Crippen LogP contribution is -2.18. The summed E-state index contributed by atoms with van der Waals surface area (Å²) in [6.07, 6.45) is 1.35. The maximum Gasteiger partial charge on any atom is 0.274 e. The van der Waals surface area contributed by atoms with Crippen LogP contribution in [0.5, 0.6) is 0 Å². The first-order valence-electron chi connectivity index (χ1n) is 5.50. The summed E-state index contributed by atoms with van der Waals surface area (Å²) in [5.41, 5.74) is 2.74. The molecule has 0 atom stereocenters. The molecule has 2 aromatic carbocycles. The van der Waals surface area contributed by atoms with E-state index in [1.165, 1.54) is 48.7 Å². The van der Waals surface area contributed by atoms with Gasteiger partial charge in [0.1, 0.15) is 11.6 Å². The van der Waals surface area contributed by atoms with E-state index in [1.54, 1.807) is 6.07 Å². The number of hydrogen-bond acceptors (Lipinski definition) is 2. The van der Waals surface area contributed by atoms with Crippen molar-refractivity contribution in [2.75, 3.05) is 0 Å². The first-order valence-corrected chi connectivity index (χ1v) is 5.50. The van der Waals surface area contributed by atoms with Gasteiger partial charge in [-0.25, -0.2) is 14.2 Å². The number of carbonyl (C=O) groups is 1. The van der Waals surface area contributed by atoms with E-state index < -0.39 is 11.7 Å². The predicted molar refractivity (Wildman–Crippen MR) is 67.9 cm³/mol. The van der Waals surface area contributed by atoms with Gasteiger partial charge in [0, 0.05) is 0 Å². The van der Waals surface area contributed by atoms with Crippen LogP contribution in [0.4, 0.5) is 8.78 Å². The number of carbonyl (C=O) groups excluding carboxylic acids is 1. The molecule has 0 saturated carbocycles. The molecule has 0 spiro atoms. The van der Waals surface area contributed by atoms with Crippen LogP contribution in [0.1, 0.15) is 15.9 Å². The molecular formula is C14H10F2N2O. The maximum atomic E-state index is 13.3. The monoisotopic (exact) mass is 260 g/mol. The highest BCUT2D eigenvalue weighted by Crippen LogP contribution is 2.05. The first kappa shape index (κ1) is 12.9. The number of hydrazone groups is 1. The molecule has 0 bridgehead atoms. The molecule has 0 unspecified atom stereocenters. The van der Waals surface area contributed by atoms with Gasteiger partial charge in [-0.2, -0.15) is 5.10 Å². The van der Waals surface area contributed by atoms with Gasteiger partial charge < -0.3 is 0 Å². The predicted octanol–water partition coefficient (Wildman–Crippen LogP) is 2.73. The zero-order valence-corrected chi connectivity index (χ0v) is 9.81. The zero-order chi connectivity index (χ0) is 13.7. The highest BCUT2D eigenvalue weighted by atomic mass is 19.1. The fourth-order valence-electron chi connectivity index (χ4n) is 1.42. The van der Waals surface area contributed by atoms with E-state index in [0.29, 0.717) is 5.56 Å². The summed E-state index contributed by atoms with van der Waals surface area (Å²) >= 11 is 0. The topological polar surface area (TPSA) is 41.5 Å². The smallest absolute Gasteiger partial charge is 0.267 e. The third kappa shape index (κ3) is 3.45. The number of hydrogen-bond donors (Lipinski definition) is 1. The second-order valence-electron chi connectivity index (χ2n) is 3.73. The molecule has 3 nitrogen and oxygen atoms in total. The Morgan fingerprint density at radius 3 is 2.42 bits per heavy atom. The number of halogens is 2. The molecule has 1 N–H and O–H groups in total. The fourth-order valence-corrected chi connectivity index (χ4v) is 1.42. The highest BCUT2D eigenvalue weighted by molar-refractivity contribution is 5.95. The molecule has 0 aliphatic carbocycles. The minimum atomic E-state index is -0.642. The summed E-state index contributed by atoms with van der Waals surface area (Å²) < 4.78 is 25.9. The summed E-state index contributed by atoms with van der Waals surface area (Å²) in [6, 6.07) is 11.2. The van der Waals surface area contributed by atoms with E-state index >= 15 is 0 Å². The number of rotatable bonds is 3. The van der Waals surface area contributed by atoms with Gasteiger partial charge in [0.25, 0.3) is 5.91 Å². The highest BCUT2D eigenvalue weighted by Gasteiger charge is 2.08. The van der Waals surface area contributed by atoms with Crippen molar-refractivity contribution in [3.05, 3.63) is 71.3 Å². The van der Waals surface area contributed by atoms with Crippen molar-refractivity contribution in [3.8, 4) is 0 Å². The minimum absolute atomic E-state index is 0.0845. The summed E-state index contributed by atoms with van der Waals surface area (Å²) in [4.78, 5) is 11.6. The van der Waals surface area contributed by atoms with E-state index in [2.05, 4.69) is 10.5 Å². The summed E-state index contributed by atoms with van der Waals surface area (Å²) in [7, 11) is 0. The van der Waals surface area contributed by atoms with Gasteiger partial charge in [0.2, 0.25) is 0 Å². The van der Waals surface area contributed by atoms with Crippen LogP contribution < -0.4 is 5.43 Å². The average Bonchev–Trinajstić information content (AvgIpc) is 2.41. The van der Waals surface area contributed by atoms with Gasteiger partial charge in [-0.05, 0) is 29.8 Å². The van der Waals surface area contributed by atoms with Crippen molar-refractivity contribution in [3.63, 3.8) is 0 Å². The largest absolute Gasteiger partial charge is 0.274 e. The molecule has 0 saturated heterocycles. The van der Waals surface area contributed by atoms with Crippen LogP contribution in [0.15, 0.2) is 53.6 Å². The molecule has 2 rings (SSSR count). The minimum Gasteiger partial charge on any atom is -0.267 e. The molecular weight excluding hydrogens is 250 g/mol. The molecule has 0 aliphatic heterocycles. The summed E-state index contributed by atoms with van der Waals surface area (Å²) in [6.45, 7) is 0. The third-order valence-electron chi connectivity index (χ3n) is 2.37. The number of nitrogens with zero attached hydrogens (tertiary/aromatic N) is 1. The van der Waals surface area contributed by atoms with Gasteiger partial charge in [-0.3, -0.25) is 4.79 Å². The van der Waals surface area contributed by atoms with Gasteiger partial charge in [0.05, 0.1) is 11.8 Å². The number of benzene rings is 2. The Hall–Kier alpha value is -2.56. The summed E-state index contributed by atoms with van der Waals surface area (Å²) in [5.74, 6) is -1.61. The standard InChI is InChI=1S/C14H10F2N2O/c15-11-7-5-10(6-8-11)9-17-18-14(19)12-3-1-2-4-13(12)16/h1-9H,(H,18,19). The van der Waals surface area contributed by atoms with Crippen LogP contribution in [0, 0.1) is 11.6 Å². The lowest BCUT2D eigenvalue weighted by molar-refractivity contribution is 0.0951. The maximum absolute atomic E-state index is 13.3. The van der Waals surface area contributed by atoms with Crippen molar-refractivity contribution >= 4 is 12.1 Å². The first-order chi connectivity index (χ1) is 9.16. The van der Waals surface area contributed by atoms with E-state index in [-0.39, 0.29) is 11.4 Å². The van der Waals surface area contributed by atoms with Crippen LogP contribution >= 0.6 is 0 Å². The van der Waals surface area contributed by atoms with Crippen molar-refractivity contribution in [1.29, 1.82) is 0 Å². The zero-order valence-electron chi connectivity index (χ0n) is 9.81. The second kappa shape index (κ2) is 5.86. The van der Waals surface area contributed by atoms with E-state index in [4.69, 9.17) is 0 Å². The third-order valence-corrected chi connectivity index (χ3v) is 2.37. The normalized spacial score (nSPS) is 10.6. The Balaban J connectivity index is 2.01. The Bertz CT molecular complexity index is 609. The van der Waals surface area contributed by atoms with Crippen LogP contribution in [0.25, 0.3) is 0 Å². The average molecular weight is 260 g/mol. The van der Waals surface area contributed by atoms with Crippen LogP contribution in [0.3, 0.4) is 0 Å². The van der Waals surface area contributed by atoms with Crippen molar-refractivity contribution in [2.45, 2.75) is 0 Å². The molecule has 96 valence electrons. The van der Waals surface area contributed by atoms with E-state index in [9.17, 15) is 13.6 Å². The molecule has 0 fully saturated rings. The Labute approximate surface area is 108 Å². The SMILES string of the molecule is O=C(NN=Cc1ccc(F)cc1)c1ccccc1F.